The van der Waals surface area contributed by atoms with Gasteiger partial charge in [-0.2, -0.15) is 0 Å². The first kappa shape index (κ1) is 18.3. The minimum absolute atomic E-state index is 0.0115. The number of piperidine rings is 1. The van der Waals surface area contributed by atoms with Crippen LogP contribution in [0.25, 0.3) is 10.9 Å². The molecule has 1 atom stereocenters. The van der Waals surface area contributed by atoms with E-state index in [2.05, 4.69) is 17.2 Å². The Balaban J connectivity index is 1.80. The molecular formula is C20H28N4O2. The Bertz CT molecular complexity index is 775. The smallest absolute Gasteiger partial charge is 0.317 e. The Kier molecular flexibility index (Phi) is 5.49. The first-order chi connectivity index (χ1) is 12.5. The van der Waals surface area contributed by atoms with Crippen LogP contribution >= 0.6 is 0 Å². The molecule has 140 valence electrons. The molecule has 2 aromatic rings. The van der Waals surface area contributed by atoms with Crippen molar-refractivity contribution < 1.29 is 9.59 Å². The van der Waals surface area contributed by atoms with Crippen molar-refractivity contribution in [1.29, 1.82) is 0 Å². The maximum Gasteiger partial charge on any atom is 0.317 e. The summed E-state index contributed by atoms with van der Waals surface area (Å²) in [6.45, 7) is 3.75. The minimum Gasteiger partial charge on any atom is -0.361 e. The van der Waals surface area contributed by atoms with Gasteiger partial charge in [0.15, 0.2) is 0 Å². The summed E-state index contributed by atoms with van der Waals surface area (Å²) in [6, 6.07) is 7.22. The molecule has 26 heavy (non-hydrogen) atoms. The number of fused-ring (bicyclic) bond motifs is 1. The van der Waals surface area contributed by atoms with E-state index in [-0.39, 0.29) is 11.9 Å². The number of likely N-dealkylation sites (tertiary alicyclic amines) is 1. The minimum atomic E-state index is -0.558. The number of aromatic amines is 1. The van der Waals surface area contributed by atoms with Crippen LogP contribution in [0.4, 0.5) is 4.79 Å². The average Bonchev–Trinajstić information content (AvgIpc) is 3.04. The van der Waals surface area contributed by atoms with E-state index < -0.39 is 6.04 Å². The lowest BCUT2D eigenvalue weighted by Gasteiger charge is -2.33. The molecule has 1 aliphatic heterocycles. The van der Waals surface area contributed by atoms with Gasteiger partial charge in [0.1, 0.15) is 6.04 Å². The highest BCUT2D eigenvalue weighted by molar-refractivity contribution is 5.89. The Morgan fingerprint density at radius 1 is 1.27 bits per heavy atom. The van der Waals surface area contributed by atoms with Gasteiger partial charge in [-0.15, -0.1) is 0 Å². The van der Waals surface area contributed by atoms with E-state index in [9.17, 15) is 9.59 Å². The van der Waals surface area contributed by atoms with Crippen LogP contribution in [0, 0.1) is 5.92 Å². The third-order valence-electron chi connectivity index (χ3n) is 5.20. The average molecular weight is 356 g/mol. The summed E-state index contributed by atoms with van der Waals surface area (Å²) in [5, 5.41) is 4.00. The number of amides is 3. The van der Waals surface area contributed by atoms with Gasteiger partial charge >= 0.3 is 6.03 Å². The highest BCUT2D eigenvalue weighted by Crippen LogP contribution is 2.21. The molecule has 1 aromatic carbocycles. The molecule has 1 aromatic heterocycles. The molecule has 3 amide bonds. The molecule has 1 fully saturated rings. The zero-order valence-electron chi connectivity index (χ0n) is 15.8. The Labute approximate surface area is 154 Å². The Morgan fingerprint density at radius 3 is 2.65 bits per heavy atom. The van der Waals surface area contributed by atoms with Crippen LogP contribution < -0.4 is 5.32 Å². The van der Waals surface area contributed by atoms with E-state index in [1.54, 1.807) is 14.1 Å². The number of H-pyrrole nitrogens is 1. The number of aromatic nitrogens is 1. The number of benzene rings is 1. The van der Waals surface area contributed by atoms with Crippen LogP contribution in [0.2, 0.25) is 0 Å². The fraction of sp³-hybridized carbons (Fsp3) is 0.500. The number of nitrogens with one attached hydrogen (secondary N) is 2. The van der Waals surface area contributed by atoms with Crippen molar-refractivity contribution in [2.24, 2.45) is 5.92 Å². The summed E-state index contributed by atoms with van der Waals surface area (Å²) in [7, 11) is 3.37. The lowest BCUT2D eigenvalue weighted by Crippen LogP contribution is -2.53. The second-order valence-electron chi connectivity index (χ2n) is 7.47. The summed E-state index contributed by atoms with van der Waals surface area (Å²) in [5.41, 5.74) is 2.09. The van der Waals surface area contributed by atoms with Crippen LogP contribution in [0.5, 0.6) is 0 Å². The van der Waals surface area contributed by atoms with E-state index in [1.165, 1.54) is 4.90 Å². The van der Waals surface area contributed by atoms with Crippen LogP contribution in [0.1, 0.15) is 25.3 Å². The topological polar surface area (TPSA) is 68.4 Å². The van der Waals surface area contributed by atoms with Crippen molar-refractivity contribution in [1.82, 2.24) is 20.1 Å². The van der Waals surface area contributed by atoms with E-state index in [1.807, 2.05) is 35.4 Å². The van der Waals surface area contributed by atoms with Gasteiger partial charge in [-0.3, -0.25) is 4.79 Å². The maximum atomic E-state index is 13.1. The second-order valence-corrected chi connectivity index (χ2v) is 7.47. The number of para-hydroxylation sites is 1. The zero-order chi connectivity index (χ0) is 18.7. The summed E-state index contributed by atoms with van der Waals surface area (Å²) in [4.78, 5) is 31.9. The molecule has 6 heteroatoms. The number of carbonyl (C=O) groups excluding carboxylic acids is 2. The number of carbonyl (C=O) groups is 2. The Morgan fingerprint density at radius 2 is 1.96 bits per heavy atom. The molecule has 1 saturated heterocycles. The first-order valence-corrected chi connectivity index (χ1v) is 9.27. The van der Waals surface area contributed by atoms with E-state index in [0.717, 1.165) is 42.4 Å². The molecule has 0 spiro atoms. The van der Waals surface area contributed by atoms with Crippen LogP contribution in [-0.2, 0) is 11.2 Å². The normalized spacial score (nSPS) is 16.5. The standard InChI is InChI=1S/C20H28N4O2/c1-14-8-10-24(11-9-14)19(25)18(22-20(26)23(2)3)12-15-13-21-17-7-5-4-6-16(15)17/h4-7,13-14,18,21H,8-12H2,1-3H3,(H,22,26)/t18-/m0/s1. The number of hydrogen-bond acceptors (Lipinski definition) is 2. The fourth-order valence-corrected chi connectivity index (χ4v) is 3.45. The van der Waals surface area contributed by atoms with Gasteiger partial charge in [0, 0.05) is 50.7 Å². The molecule has 0 bridgehead atoms. The van der Waals surface area contributed by atoms with Gasteiger partial charge < -0.3 is 20.1 Å². The number of nitrogens with zero attached hydrogens (tertiary/aromatic N) is 2. The SMILES string of the molecule is CC1CCN(C(=O)[C@H](Cc2c[nH]c3ccccc23)NC(=O)N(C)C)CC1. The zero-order valence-corrected chi connectivity index (χ0v) is 15.8. The first-order valence-electron chi connectivity index (χ1n) is 9.27. The van der Waals surface area contributed by atoms with Crippen LogP contribution in [-0.4, -0.2) is 59.9 Å². The monoisotopic (exact) mass is 356 g/mol. The lowest BCUT2D eigenvalue weighted by atomic mass is 9.97. The highest BCUT2D eigenvalue weighted by atomic mass is 16.2. The van der Waals surface area contributed by atoms with Gasteiger partial charge in [0.05, 0.1) is 0 Å². The molecule has 0 unspecified atom stereocenters. The summed E-state index contributed by atoms with van der Waals surface area (Å²) < 4.78 is 0. The van der Waals surface area contributed by atoms with Crippen molar-refractivity contribution >= 4 is 22.8 Å². The fourth-order valence-electron chi connectivity index (χ4n) is 3.45. The second kappa shape index (κ2) is 7.81. The molecule has 1 aliphatic rings. The predicted octanol–water partition coefficient (Wildman–Crippen LogP) is 2.61. The van der Waals surface area contributed by atoms with Gasteiger partial charge in [0.2, 0.25) is 5.91 Å². The Hall–Kier alpha value is -2.50. The molecule has 0 radical (unpaired) electrons. The molecule has 3 rings (SSSR count). The quantitative estimate of drug-likeness (QED) is 0.884. The third-order valence-corrected chi connectivity index (χ3v) is 5.20. The molecule has 0 saturated carbocycles. The van der Waals surface area contributed by atoms with E-state index >= 15 is 0 Å². The van der Waals surface area contributed by atoms with Gasteiger partial charge in [0.25, 0.3) is 0 Å². The van der Waals surface area contributed by atoms with Gasteiger partial charge in [-0.25, -0.2) is 4.79 Å². The van der Waals surface area contributed by atoms with Crippen molar-refractivity contribution in [3.05, 3.63) is 36.0 Å². The van der Waals surface area contributed by atoms with Gasteiger partial charge in [-0.05, 0) is 30.4 Å². The molecule has 2 heterocycles. The summed E-state index contributed by atoms with van der Waals surface area (Å²) >= 11 is 0. The van der Waals surface area contributed by atoms with Crippen molar-refractivity contribution in [3.63, 3.8) is 0 Å². The van der Waals surface area contributed by atoms with E-state index in [0.29, 0.717) is 12.3 Å². The van der Waals surface area contributed by atoms with Crippen LogP contribution in [0.3, 0.4) is 0 Å². The number of hydrogen-bond donors (Lipinski definition) is 2. The maximum absolute atomic E-state index is 13.1. The van der Waals surface area contributed by atoms with Gasteiger partial charge in [-0.1, -0.05) is 25.1 Å². The predicted molar refractivity (Wildman–Crippen MR) is 103 cm³/mol. The van der Waals surface area contributed by atoms with Crippen molar-refractivity contribution in [2.75, 3.05) is 27.2 Å². The summed E-state index contributed by atoms with van der Waals surface area (Å²) in [5.74, 6) is 0.667. The largest absolute Gasteiger partial charge is 0.361 e. The molecule has 0 aliphatic carbocycles. The highest BCUT2D eigenvalue weighted by Gasteiger charge is 2.29. The third kappa shape index (κ3) is 4.00. The molecule has 2 N–H and O–H groups in total. The van der Waals surface area contributed by atoms with E-state index in [4.69, 9.17) is 0 Å². The molecular weight excluding hydrogens is 328 g/mol. The van der Waals surface area contributed by atoms with Crippen molar-refractivity contribution in [3.8, 4) is 0 Å². The summed E-state index contributed by atoms with van der Waals surface area (Å²) in [6.07, 6.45) is 4.46. The number of urea groups is 1. The molecule has 6 nitrogen and oxygen atoms in total. The van der Waals surface area contributed by atoms with Crippen molar-refractivity contribution in [2.45, 2.75) is 32.2 Å². The lowest BCUT2D eigenvalue weighted by molar-refractivity contribution is -0.134. The number of rotatable bonds is 4. The van der Waals surface area contributed by atoms with Crippen LogP contribution in [0.15, 0.2) is 30.5 Å².